The van der Waals surface area contributed by atoms with Gasteiger partial charge in [0, 0.05) is 18.2 Å². The van der Waals surface area contributed by atoms with Gasteiger partial charge in [0.15, 0.2) is 12.4 Å². The first-order valence-electron chi connectivity index (χ1n) is 5.81. The van der Waals surface area contributed by atoms with E-state index in [0.717, 1.165) is 0 Å². The van der Waals surface area contributed by atoms with Crippen LogP contribution < -0.4 is 4.57 Å². The fourth-order valence-electron chi connectivity index (χ4n) is 2.28. The van der Waals surface area contributed by atoms with Gasteiger partial charge in [0.2, 0.25) is 5.69 Å². The van der Waals surface area contributed by atoms with Crippen molar-refractivity contribution in [2.45, 2.75) is 6.92 Å². The van der Waals surface area contributed by atoms with Crippen LogP contribution in [0.4, 0.5) is 0 Å². The summed E-state index contributed by atoms with van der Waals surface area (Å²) < 4.78 is 2.16. The minimum Gasteiger partial charge on any atom is -0.167 e. The molecule has 0 fully saturated rings. The Morgan fingerprint density at radius 3 is 2.24 bits per heavy atom. The zero-order valence-electron chi connectivity index (χ0n) is 9.80. The topological polar surface area (TPSA) is 3.88 Å². The van der Waals surface area contributed by atoms with Crippen molar-refractivity contribution in [1.82, 2.24) is 0 Å². The van der Waals surface area contributed by atoms with Gasteiger partial charge in [0.05, 0.1) is 5.39 Å². The van der Waals surface area contributed by atoms with Gasteiger partial charge in [-0.15, -0.1) is 0 Å². The van der Waals surface area contributed by atoms with Crippen molar-refractivity contribution < 1.29 is 4.57 Å². The normalized spacial score (nSPS) is 10.6. The molecule has 3 rings (SSSR count). The number of nitrogens with zero attached hydrogens (tertiary/aromatic N) is 1. The largest absolute Gasteiger partial charge is 0.218 e. The zero-order chi connectivity index (χ0) is 11.7. The maximum Gasteiger partial charge on any atom is 0.218 e. The first-order valence-corrected chi connectivity index (χ1v) is 5.81. The van der Waals surface area contributed by atoms with Gasteiger partial charge in [-0.2, -0.15) is 4.57 Å². The maximum atomic E-state index is 2.16. The summed E-state index contributed by atoms with van der Waals surface area (Å²) in [6, 6.07) is 19.0. The standard InChI is InChI=1S/C16H14N/c1-13-7-5-8-14-9-6-10-15(16(13)14)17-11-3-2-4-12-17/h2-12H,1H3/q+1. The molecule has 0 atom stereocenters. The fraction of sp³-hybridized carbons (Fsp3) is 0.0625. The lowest BCUT2D eigenvalue weighted by molar-refractivity contribution is -0.594. The van der Waals surface area contributed by atoms with Crippen LogP contribution in [0.1, 0.15) is 5.56 Å². The van der Waals surface area contributed by atoms with Crippen LogP contribution in [0, 0.1) is 6.92 Å². The van der Waals surface area contributed by atoms with Crippen molar-refractivity contribution in [3.63, 3.8) is 0 Å². The minimum absolute atomic E-state index is 1.24. The molecule has 1 aromatic heterocycles. The molecule has 0 aliphatic heterocycles. The van der Waals surface area contributed by atoms with Gasteiger partial charge in [-0.05, 0) is 17.9 Å². The van der Waals surface area contributed by atoms with E-state index >= 15 is 0 Å². The van der Waals surface area contributed by atoms with Gasteiger partial charge >= 0.3 is 0 Å². The number of rotatable bonds is 1. The van der Waals surface area contributed by atoms with Crippen molar-refractivity contribution in [1.29, 1.82) is 0 Å². The molecule has 1 nitrogen and oxygen atoms in total. The number of benzene rings is 2. The quantitative estimate of drug-likeness (QED) is 0.553. The highest BCUT2D eigenvalue weighted by Crippen LogP contribution is 2.22. The van der Waals surface area contributed by atoms with E-state index in [1.807, 2.05) is 6.07 Å². The Morgan fingerprint density at radius 1 is 0.765 bits per heavy atom. The summed E-state index contributed by atoms with van der Waals surface area (Å²) in [5, 5.41) is 2.62. The second-order valence-electron chi connectivity index (χ2n) is 4.23. The molecule has 0 N–H and O–H groups in total. The highest BCUT2D eigenvalue weighted by Gasteiger charge is 2.11. The number of aryl methyl sites for hydroxylation is 1. The summed E-state index contributed by atoms with van der Waals surface area (Å²) in [6.45, 7) is 2.16. The van der Waals surface area contributed by atoms with Crippen LogP contribution in [0.3, 0.4) is 0 Å². The molecule has 82 valence electrons. The van der Waals surface area contributed by atoms with Gasteiger partial charge in [0.1, 0.15) is 0 Å². The predicted octanol–water partition coefficient (Wildman–Crippen LogP) is 3.42. The molecule has 1 heteroatoms. The van der Waals surface area contributed by atoms with Crippen LogP contribution in [-0.2, 0) is 0 Å². The van der Waals surface area contributed by atoms with Crippen LogP contribution in [0.15, 0.2) is 67.0 Å². The molecule has 17 heavy (non-hydrogen) atoms. The molecule has 0 saturated carbocycles. The third-order valence-electron chi connectivity index (χ3n) is 3.08. The van der Waals surface area contributed by atoms with Crippen molar-refractivity contribution >= 4 is 10.8 Å². The molecule has 0 spiro atoms. The number of fused-ring (bicyclic) bond motifs is 1. The SMILES string of the molecule is Cc1cccc2cccc(-[n+]3ccccc3)c12. The maximum absolute atomic E-state index is 2.16. The summed E-state index contributed by atoms with van der Waals surface area (Å²) in [5.41, 5.74) is 2.55. The molecule has 0 unspecified atom stereocenters. The lowest BCUT2D eigenvalue weighted by atomic mass is 10.0. The van der Waals surface area contributed by atoms with Gasteiger partial charge < -0.3 is 0 Å². The smallest absolute Gasteiger partial charge is 0.167 e. The number of hydrogen-bond acceptors (Lipinski definition) is 0. The summed E-state index contributed by atoms with van der Waals surface area (Å²) in [5.74, 6) is 0. The average Bonchev–Trinajstić information content (AvgIpc) is 2.39. The van der Waals surface area contributed by atoms with Crippen LogP contribution in [0.2, 0.25) is 0 Å². The van der Waals surface area contributed by atoms with Crippen LogP contribution in [-0.4, -0.2) is 0 Å². The second kappa shape index (κ2) is 4.02. The molecule has 0 bridgehead atoms. The summed E-state index contributed by atoms with van der Waals surface area (Å²) in [4.78, 5) is 0. The Morgan fingerprint density at radius 2 is 1.47 bits per heavy atom. The number of pyridine rings is 1. The molecular formula is C16H14N+. The van der Waals surface area contributed by atoms with Crippen molar-refractivity contribution in [3.05, 3.63) is 72.6 Å². The minimum atomic E-state index is 1.24. The summed E-state index contributed by atoms with van der Waals surface area (Å²) >= 11 is 0. The summed E-state index contributed by atoms with van der Waals surface area (Å²) in [6.07, 6.45) is 4.17. The molecular weight excluding hydrogens is 206 g/mol. The first-order chi connectivity index (χ1) is 8.36. The molecule has 0 aliphatic rings. The van der Waals surface area contributed by atoms with Crippen molar-refractivity contribution in [2.75, 3.05) is 0 Å². The van der Waals surface area contributed by atoms with E-state index in [9.17, 15) is 0 Å². The highest BCUT2D eigenvalue weighted by atomic mass is 14.9. The first kappa shape index (κ1) is 10.0. The third-order valence-corrected chi connectivity index (χ3v) is 3.08. The molecule has 0 saturated heterocycles. The molecule has 1 heterocycles. The number of aromatic nitrogens is 1. The lowest BCUT2D eigenvalue weighted by Gasteiger charge is -2.04. The third kappa shape index (κ3) is 1.70. The van der Waals surface area contributed by atoms with Gasteiger partial charge in [-0.3, -0.25) is 0 Å². The van der Waals surface area contributed by atoms with E-state index in [1.54, 1.807) is 0 Å². The highest BCUT2D eigenvalue weighted by molar-refractivity contribution is 5.91. The molecule has 3 aromatic rings. The second-order valence-corrected chi connectivity index (χ2v) is 4.23. The van der Waals surface area contributed by atoms with Gasteiger partial charge in [0.25, 0.3) is 0 Å². The Bertz CT molecular complexity index is 651. The predicted molar refractivity (Wildman–Crippen MR) is 70.2 cm³/mol. The van der Waals surface area contributed by atoms with E-state index in [1.165, 1.54) is 22.0 Å². The average molecular weight is 220 g/mol. The van der Waals surface area contributed by atoms with Crippen LogP contribution in [0.5, 0.6) is 0 Å². The van der Waals surface area contributed by atoms with E-state index in [0.29, 0.717) is 0 Å². The van der Waals surface area contributed by atoms with E-state index in [2.05, 4.69) is 72.4 Å². The Kier molecular flexibility index (Phi) is 2.37. The Balaban J connectivity index is 2.38. The molecule has 2 aromatic carbocycles. The molecule has 0 radical (unpaired) electrons. The van der Waals surface area contributed by atoms with E-state index in [-0.39, 0.29) is 0 Å². The molecule has 0 amide bonds. The van der Waals surface area contributed by atoms with Crippen molar-refractivity contribution in [3.8, 4) is 5.69 Å². The Hall–Kier alpha value is -2.15. The number of hydrogen-bond donors (Lipinski definition) is 0. The Labute approximate surface area is 101 Å². The van der Waals surface area contributed by atoms with Crippen LogP contribution in [0.25, 0.3) is 16.5 Å². The van der Waals surface area contributed by atoms with E-state index in [4.69, 9.17) is 0 Å². The lowest BCUT2D eigenvalue weighted by Crippen LogP contribution is -2.29. The van der Waals surface area contributed by atoms with Crippen LogP contribution >= 0.6 is 0 Å². The van der Waals surface area contributed by atoms with Gasteiger partial charge in [-0.25, -0.2) is 0 Å². The molecule has 0 aliphatic carbocycles. The fourth-order valence-corrected chi connectivity index (χ4v) is 2.28. The monoisotopic (exact) mass is 220 g/mol. The summed E-state index contributed by atoms with van der Waals surface area (Å²) in [7, 11) is 0. The van der Waals surface area contributed by atoms with Crippen molar-refractivity contribution in [2.24, 2.45) is 0 Å². The zero-order valence-corrected chi connectivity index (χ0v) is 9.80. The van der Waals surface area contributed by atoms with E-state index < -0.39 is 0 Å². The van der Waals surface area contributed by atoms with Gasteiger partial charge in [-0.1, -0.05) is 36.4 Å².